The summed E-state index contributed by atoms with van der Waals surface area (Å²) in [4.78, 5) is 12.5. The average Bonchev–Trinajstić information content (AvgIpc) is 2.67. The summed E-state index contributed by atoms with van der Waals surface area (Å²) in [6.45, 7) is 1.66. The molecule has 3 rings (SSSR count). The zero-order valence-corrected chi connectivity index (χ0v) is 15.8. The van der Waals surface area contributed by atoms with Crippen LogP contribution >= 0.6 is 23.5 Å². The van der Waals surface area contributed by atoms with Crippen molar-refractivity contribution in [3.8, 4) is 11.8 Å². The van der Waals surface area contributed by atoms with Crippen LogP contribution in [0.1, 0.15) is 30.4 Å². The Bertz CT molecular complexity index is 805. The van der Waals surface area contributed by atoms with Crippen molar-refractivity contribution in [2.45, 2.75) is 19.3 Å². The van der Waals surface area contributed by atoms with Gasteiger partial charge in [-0.25, -0.2) is 0 Å². The molecule has 1 aliphatic heterocycles. The summed E-state index contributed by atoms with van der Waals surface area (Å²) in [7, 11) is 0. The van der Waals surface area contributed by atoms with Gasteiger partial charge in [0.2, 0.25) is 0 Å². The minimum atomic E-state index is -0.188. The molecule has 2 aromatic rings. The number of benzene rings is 2. The van der Waals surface area contributed by atoms with Gasteiger partial charge in [-0.15, -0.1) is 23.5 Å². The van der Waals surface area contributed by atoms with E-state index in [-0.39, 0.29) is 11.7 Å². The second-order valence-electron chi connectivity index (χ2n) is 5.79. The van der Waals surface area contributed by atoms with Gasteiger partial charge in [-0.05, 0) is 42.5 Å². The van der Waals surface area contributed by atoms with Crippen LogP contribution in [0.4, 0.5) is 0 Å². The fourth-order valence-electron chi connectivity index (χ4n) is 2.70. The lowest BCUT2D eigenvalue weighted by atomic mass is 9.90. The van der Waals surface area contributed by atoms with Gasteiger partial charge in [0.15, 0.2) is 5.78 Å². The molecule has 1 heterocycles. The Labute approximate surface area is 158 Å². The van der Waals surface area contributed by atoms with E-state index in [9.17, 15) is 4.79 Å². The standard InChI is InChI=1S/C22H20OS2/c1-17(23)21(22-24-15-8-16-25-22)20(19-11-6-3-7-12-19)14-13-18-9-4-2-5-10-18/h2-7,9-12,20H,8,15-16H2,1H3. The molecule has 1 nitrogen and oxygen atoms in total. The SMILES string of the molecule is CC(=O)C(=C1SCCCS1)C(C#Cc1ccccc1)c1ccccc1. The molecule has 1 aliphatic rings. The van der Waals surface area contributed by atoms with Crippen molar-refractivity contribution in [3.63, 3.8) is 0 Å². The van der Waals surface area contributed by atoms with Crippen molar-refractivity contribution in [2.75, 3.05) is 11.5 Å². The normalized spacial score (nSPS) is 15.0. The highest BCUT2D eigenvalue weighted by Crippen LogP contribution is 2.41. The van der Waals surface area contributed by atoms with E-state index in [1.807, 2.05) is 48.5 Å². The van der Waals surface area contributed by atoms with Crippen molar-refractivity contribution in [2.24, 2.45) is 0 Å². The number of carbonyl (C=O) groups is 1. The monoisotopic (exact) mass is 364 g/mol. The maximum absolute atomic E-state index is 12.5. The largest absolute Gasteiger partial charge is 0.295 e. The van der Waals surface area contributed by atoms with E-state index in [2.05, 4.69) is 24.0 Å². The first-order valence-electron chi connectivity index (χ1n) is 8.38. The topological polar surface area (TPSA) is 17.1 Å². The molecule has 0 aliphatic carbocycles. The fourth-order valence-corrected chi connectivity index (χ4v) is 5.49. The Hall–Kier alpha value is -1.89. The first kappa shape index (κ1) is 17.9. The summed E-state index contributed by atoms with van der Waals surface area (Å²) in [5.41, 5.74) is 2.90. The van der Waals surface area contributed by atoms with Crippen LogP contribution in [-0.4, -0.2) is 17.3 Å². The Morgan fingerprint density at radius 1 is 0.960 bits per heavy atom. The molecule has 1 unspecified atom stereocenters. The van der Waals surface area contributed by atoms with Gasteiger partial charge in [0, 0.05) is 15.4 Å². The summed E-state index contributed by atoms with van der Waals surface area (Å²) >= 11 is 3.60. The number of ketones is 1. The second kappa shape index (κ2) is 8.99. The molecule has 1 saturated heterocycles. The summed E-state index contributed by atoms with van der Waals surface area (Å²) in [6, 6.07) is 20.1. The van der Waals surface area contributed by atoms with Gasteiger partial charge in [0.25, 0.3) is 0 Å². The zero-order valence-electron chi connectivity index (χ0n) is 14.2. The number of hydrogen-bond donors (Lipinski definition) is 0. The molecule has 0 aromatic heterocycles. The molecule has 3 heteroatoms. The van der Waals surface area contributed by atoms with E-state index < -0.39 is 0 Å². The summed E-state index contributed by atoms with van der Waals surface area (Å²) in [5, 5.41) is 0. The third kappa shape index (κ3) is 4.81. The first-order chi connectivity index (χ1) is 12.3. The van der Waals surface area contributed by atoms with Crippen LogP contribution in [0.15, 0.2) is 70.5 Å². The van der Waals surface area contributed by atoms with Gasteiger partial charge in [-0.2, -0.15) is 0 Å². The van der Waals surface area contributed by atoms with Crippen LogP contribution in [0.5, 0.6) is 0 Å². The van der Waals surface area contributed by atoms with Gasteiger partial charge in [-0.1, -0.05) is 60.4 Å². The minimum absolute atomic E-state index is 0.119. The van der Waals surface area contributed by atoms with Crippen LogP contribution in [0.25, 0.3) is 0 Å². The van der Waals surface area contributed by atoms with Crippen molar-refractivity contribution in [1.82, 2.24) is 0 Å². The predicted octanol–water partition coefficient (Wildman–Crippen LogP) is 5.49. The molecule has 0 amide bonds. The highest BCUT2D eigenvalue weighted by atomic mass is 32.2. The molecular weight excluding hydrogens is 344 g/mol. The number of Topliss-reactive ketones (excluding diaryl/α,β-unsaturated/α-hetero) is 1. The van der Waals surface area contributed by atoms with Crippen LogP contribution < -0.4 is 0 Å². The lowest BCUT2D eigenvalue weighted by Crippen LogP contribution is -2.11. The Morgan fingerprint density at radius 2 is 1.56 bits per heavy atom. The van der Waals surface area contributed by atoms with E-state index in [0.717, 1.165) is 32.4 Å². The Kier molecular flexibility index (Phi) is 6.44. The smallest absolute Gasteiger partial charge is 0.159 e. The summed E-state index contributed by atoms with van der Waals surface area (Å²) in [5.74, 6) is 8.72. The molecule has 1 fully saturated rings. The van der Waals surface area contributed by atoms with Gasteiger partial charge >= 0.3 is 0 Å². The third-order valence-corrected chi connectivity index (χ3v) is 6.57. The van der Waals surface area contributed by atoms with Crippen molar-refractivity contribution < 1.29 is 4.79 Å². The summed E-state index contributed by atoms with van der Waals surface area (Å²) < 4.78 is 1.15. The Balaban J connectivity index is 2.07. The molecule has 2 aromatic carbocycles. The van der Waals surface area contributed by atoms with Crippen LogP contribution in [0.2, 0.25) is 0 Å². The fraction of sp³-hybridized carbons (Fsp3) is 0.227. The van der Waals surface area contributed by atoms with Crippen LogP contribution in [-0.2, 0) is 4.79 Å². The predicted molar refractivity (Wildman–Crippen MR) is 110 cm³/mol. The minimum Gasteiger partial charge on any atom is -0.295 e. The lowest BCUT2D eigenvalue weighted by molar-refractivity contribution is -0.113. The van der Waals surface area contributed by atoms with Gasteiger partial charge in [-0.3, -0.25) is 4.79 Å². The number of hydrogen-bond acceptors (Lipinski definition) is 3. The highest BCUT2D eigenvalue weighted by molar-refractivity contribution is 8.22. The van der Waals surface area contributed by atoms with E-state index in [0.29, 0.717) is 0 Å². The summed E-state index contributed by atoms with van der Waals surface area (Å²) in [6.07, 6.45) is 1.19. The molecule has 25 heavy (non-hydrogen) atoms. The number of thioether (sulfide) groups is 2. The molecule has 0 N–H and O–H groups in total. The van der Waals surface area contributed by atoms with Crippen molar-refractivity contribution in [1.29, 1.82) is 0 Å². The number of carbonyl (C=O) groups excluding carboxylic acids is 1. The Morgan fingerprint density at radius 3 is 2.16 bits per heavy atom. The molecule has 0 saturated carbocycles. The van der Waals surface area contributed by atoms with Crippen LogP contribution in [0.3, 0.4) is 0 Å². The number of allylic oxidation sites excluding steroid dienone is 1. The average molecular weight is 365 g/mol. The maximum Gasteiger partial charge on any atom is 0.159 e. The van der Waals surface area contributed by atoms with Gasteiger partial charge in [0.1, 0.15) is 0 Å². The van der Waals surface area contributed by atoms with E-state index >= 15 is 0 Å². The molecule has 0 bridgehead atoms. The quantitative estimate of drug-likeness (QED) is 0.529. The van der Waals surface area contributed by atoms with E-state index in [1.165, 1.54) is 6.42 Å². The van der Waals surface area contributed by atoms with Crippen molar-refractivity contribution >= 4 is 29.3 Å². The highest BCUT2D eigenvalue weighted by Gasteiger charge is 2.24. The first-order valence-corrected chi connectivity index (χ1v) is 10.3. The molecule has 1 atom stereocenters. The molecular formula is C22H20OS2. The molecule has 0 radical (unpaired) electrons. The van der Waals surface area contributed by atoms with Crippen LogP contribution in [0, 0.1) is 11.8 Å². The number of rotatable bonds is 3. The van der Waals surface area contributed by atoms with Crippen molar-refractivity contribution in [3.05, 3.63) is 81.6 Å². The van der Waals surface area contributed by atoms with Gasteiger partial charge < -0.3 is 0 Å². The maximum atomic E-state index is 12.5. The molecule has 0 spiro atoms. The molecule has 126 valence electrons. The van der Waals surface area contributed by atoms with Gasteiger partial charge in [0.05, 0.1) is 5.92 Å². The lowest BCUT2D eigenvalue weighted by Gasteiger charge is -2.21. The van der Waals surface area contributed by atoms with E-state index in [1.54, 1.807) is 30.4 Å². The zero-order chi connectivity index (χ0) is 17.5. The second-order valence-corrected chi connectivity index (χ2v) is 8.26. The third-order valence-electron chi connectivity index (χ3n) is 3.91. The van der Waals surface area contributed by atoms with E-state index in [4.69, 9.17) is 0 Å².